The van der Waals surface area contributed by atoms with Crippen LogP contribution in [0.2, 0.25) is 5.28 Å². The Hall–Kier alpha value is -1.81. The Morgan fingerprint density at radius 2 is 2.33 bits per heavy atom. The Labute approximate surface area is 90.2 Å². The number of carboxylic acids is 1. The van der Waals surface area contributed by atoms with Gasteiger partial charge in [-0.05, 0) is 23.7 Å². The van der Waals surface area contributed by atoms with Crippen molar-refractivity contribution in [2.24, 2.45) is 0 Å². The lowest BCUT2D eigenvalue weighted by molar-refractivity contribution is -0.131. The second-order valence-electron chi connectivity index (χ2n) is 2.94. The van der Waals surface area contributed by atoms with Crippen LogP contribution in [0.15, 0.2) is 24.3 Å². The highest BCUT2D eigenvalue weighted by Gasteiger charge is 2.03. The average Bonchev–Trinajstić information content (AvgIpc) is 2.55. The molecule has 1 aromatic heterocycles. The van der Waals surface area contributed by atoms with Crippen molar-refractivity contribution < 1.29 is 9.90 Å². The summed E-state index contributed by atoms with van der Waals surface area (Å²) in [5.74, 6) is -0.992. The average molecular weight is 223 g/mol. The molecule has 2 rings (SSSR count). The standard InChI is InChI=1S/C10H7ClN2O2/c11-10-12-7-3-1-2-6(9(7)13-10)4-5-8(14)15/h1-5H,(H,12,13)(H,14,15)/b5-4+. The maximum absolute atomic E-state index is 10.4. The Morgan fingerprint density at radius 1 is 1.53 bits per heavy atom. The summed E-state index contributed by atoms with van der Waals surface area (Å²) in [4.78, 5) is 17.3. The van der Waals surface area contributed by atoms with Crippen molar-refractivity contribution in [3.05, 3.63) is 35.1 Å². The van der Waals surface area contributed by atoms with Gasteiger partial charge in [-0.25, -0.2) is 9.78 Å². The molecule has 2 aromatic rings. The van der Waals surface area contributed by atoms with Gasteiger partial charge in [0.05, 0.1) is 11.0 Å². The van der Waals surface area contributed by atoms with Crippen molar-refractivity contribution in [3.8, 4) is 0 Å². The summed E-state index contributed by atoms with van der Waals surface area (Å²) in [5, 5.41) is 8.80. The molecule has 0 fully saturated rings. The van der Waals surface area contributed by atoms with Crippen molar-refractivity contribution >= 4 is 34.7 Å². The summed E-state index contributed by atoms with van der Waals surface area (Å²) < 4.78 is 0. The number of aromatic amines is 1. The topological polar surface area (TPSA) is 66.0 Å². The Balaban J connectivity index is 2.55. The zero-order valence-electron chi connectivity index (χ0n) is 7.57. The molecule has 2 N–H and O–H groups in total. The number of aliphatic carboxylic acids is 1. The van der Waals surface area contributed by atoms with Crippen LogP contribution in [0.5, 0.6) is 0 Å². The maximum Gasteiger partial charge on any atom is 0.328 e. The molecular weight excluding hydrogens is 216 g/mol. The molecule has 76 valence electrons. The smallest absolute Gasteiger partial charge is 0.328 e. The number of hydrogen-bond donors (Lipinski definition) is 2. The van der Waals surface area contributed by atoms with Crippen LogP contribution in [0.25, 0.3) is 17.1 Å². The van der Waals surface area contributed by atoms with Crippen LogP contribution < -0.4 is 0 Å². The van der Waals surface area contributed by atoms with Gasteiger partial charge in [0.1, 0.15) is 0 Å². The first-order chi connectivity index (χ1) is 7.16. The molecule has 4 nitrogen and oxygen atoms in total. The highest BCUT2D eigenvalue weighted by Crippen LogP contribution is 2.19. The van der Waals surface area contributed by atoms with Gasteiger partial charge in [-0.15, -0.1) is 0 Å². The van der Waals surface area contributed by atoms with E-state index in [1.807, 2.05) is 6.07 Å². The normalized spacial score (nSPS) is 11.3. The van der Waals surface area contributed by atoms with Gasteiger partial charge in [0.25, 0.3) is 0 Å². The number of para-hydroxylation sites is 1. The van der Waals surface area contributed by atoms with E-state index in [9.17, 15) is 4.79 Å². The summed E-state index contributed by atoms with van der Waals surface area (Å²) in [5.41, 5.74) is 2.17. The Morgan fingerprint density at radius 3 is 3.07 bits per heavy atom. The highest BCUT2D eigenvalue weighted by atomic mass is 35.5. The predicted molar refractivity (Wildman–Crippen MR) is 57.8 cm³/mol. The van der Waals surface area contributed by atoms with Gasteiger partial charge in [-0.3, -0.25) is 0 Å². The van der Waals surface area contributed by atoms with Gasteiger partial charge in [0.15, 0.2) is 0 Å². The fraction of sp³-hybridized carbons (Fsp3) is 0. The number of nitrogens with one attached hydrogen (secondary N) is 1. The molecular formula is C10H7ClN2O2. The van der Waals surface area contributed by atoms with Crippen LogP contribution in [-0.2, 0) is 4.79 Å². The molecule has 0 aliphatic carbocycles. The summed E-state index contributed by atoms with van der Waals surface area (Å²) in [6.45, 7) is 0. The molecule has 0 amide bonds. The van der Waals surface area contributed by atoms with E-state index < -0.39 is 5.97 Å². The minimum Gasteiger partial charge on any atom is -0.478 e. The molecule has 0 saturated carbocycles. The first-order valence-corrected chi connectivity index (χ1v) is 4.60. The van der Waals surface area contributed by atoms with E-state index in [-0.39, 0.29) is 0 Å². The molecule has 1 heterocycles. The molecule has 0 radical (unpaired) electrons. The zero-order chi connectivity index (χ0) is 10.8. The second-order valence-corrected chi connectivity index (χ2v) is 3.30. The van der Waals surface area contributed by atoms with E-state index in [1.54, 1.807) is 12.1 Å². The third-order valence-corrected chi connectivity index (χ3v) is 2.10. The number of aromatic nitrogens is 2. The third kappa shape index (κ3) is 1.99. The van der Waals surface area contributed by atoms with Crippen molar-refractivity contribution in [2.45, 2.75) is 0 Å². The molecule has 0 atom stereocenters. The molecule has 0 unspecified atom stereocenters. The van der Waals surface area contributed by atoms with E-state index in [4.69, 9.17) is 16.7 Å². The van der Waals surface area contributed by atoms with Crippen molar-refractivity contribution in [1.82, 2.24) is 9.97 Å². The monoisotopic (exact) mass is 222 g/mol. The van der Waals surface area contributed by atoms with E-state index >= 15 is 0 Å². The lowest BCUT2D eigenvalue weighted by Crippen LogP contribution is -1.86. The molecule has 0 spiro atoms. The zero-order valence-corrected chi connectivity index (χ0v) is 8.32. The Bertz CT molecular complexity index is 545. The van der Waals surface area contributed by atoms with Gasteiger partial charge in [0, 0.05) is 11.6 Å². The maximum atomic E-state index is 10.4. The third-order valence-electron chi connectivity index (χ3n) is 1.92. The van der Waals surface area contributed by atoms with Crippen LogP contribution >= 0.6 is 11.6 Å². The minimum absolute atomic E-state index is 0.293. The number of fused-ring (bicyclic) bond motifs is 1. The summed E-state index contributed by atoms with van der Waals surface area (Å²) in [6, 6.07) is 5.41. The minimum atomic E-state index is -0.992. The van der Waals surface area contributed by atoms with E-state index in [2.05, 4.69) is 9.97 Å². The van der Waals surface area contributed by atoms with E-state index in [1.165, 1.54) is 6.08 Å². The number of nitrogens with zero attached hydrogens (tertiary/aromatic N) is 1. The summed E-state index contributed by atoms with van der Waals surface area (Å²) >= 11 is 5.71. The van der Waals surface area contributed by atoms with Crippen LogP contribution in [0.3, 0.4) is 0 Å². The predicted octanol–water partition coefficient (Wildman–Crippen LogP) is 2.31. The number of H-pyrrole nitrogens is 1. The summed E-state index contributed by atoms with van der Waals surface area (Å²) in [6.07, 6.45) is 2.55. The van der Waals surface area contributed by atoms with Crippen molar-refractivity contribution in [2.75, 3.05) is 0 Å². The molecule has 0 bridgehead atoms. The number of halogens is 1. The highest BCUT2D eigenvalue weighted by molar-refractivity contribution is 6.29. The molecule has 15 heavy (non-hydrogen) atoms. The number of benzene rings is 1. The first-order valence-electron chi connectivity index (χ1n) is 4.22. The lowest BCUT2D eigenvalue weighted by atomic mass is 10.2. The molecule has 0 aliphatic heterocycles. The number of imidazole rings is 1. The lowest BCUT2D eigenvalue weighted by Gasteiger charge is -1.93. The number of rotatable bonds is 2. The van der Waals surface area contributed by atoms with Gasteiger partial charge >= 0.3 is 5.97 Å². The molecule has 0 saturated heterocycles. The molecule has 0 aliphatic rings. The number of carbonyl (C=O) groups is 1. The number of carboxylic acid groups (broad SMARTS) is 1. The van der Waals surface area contributed by atoms with Crippen LogP contribution in [0, 0.1) is 0 Å². The molecule has 1 aromatic carbocycles. The van der Waals surface area contributed by atoms with Gasteiger partial charge in [0.2, 0.25) is 5.28 Å². The van der Waals surface area contributed by atoms with Crippen LogP contribution in [-0.4, -0.2) is 21.0 Å². The van der Waals surface area contributed by atoms with Gasteiger partial charge in [-0.2, -0.15) is 0 Å². The fourth-order valence-electron chi connectivity index (χ4n) is 1.32. The first kappa shape index (κ1) is 9.73. The van der Waals surface area contributed by atoms with Gasteiger partial charge in [-0.1, -0.05) is 12.1 Å². The largest absolute Gasteiger partial charge is 0.478 e. The molecule has 5 heteroatoms. The van der Waals surface area contributed by atoms with E-state index in [0.717, 1.165) is 17.2 Å². The van der Waals surface area contributed by atoms with Crippen LogP contribution in [0.1, 0.15) is 5.56 Å². The van der Waals surface area contributed by atoms with Crippen molar-refractivity contribution in [3.63, 3.8) is 0 Å². The quantitative estimate of drug-likeness (QED) is 0.767. The van der Waals surface area contributed by atoms with E-state index in [0.29, 0.717) is 10.8 Å². The second kappa shape index (κ2) is 3.74. The Kier molecular flexibility index (Phi) is 2.43. The summed E-state index contributed by atoms with van der Waals surface area (Å²) in [7, 11) is 0. The SMILES string of the molecule is O=C(O)/C=C/c1cccc2[nH]c(Cl)nc12. The van der Waals surface area contributed by atoms with Crippen LogP contribution in [0.4, 0.5) is 0 Å². The van der Waals surface area contributed by atoms with Gasteiger partial charge < -0.3 is 10.1 Å². The number of hydrogen-bond acceptors (Lipinski definition) is 2. The fourth-order valence-corrected chi connectivity index (χ4v) is 1.51. The van der Waals surface area contributed by atoms with Crippen molar-refractivity contribution in [1.29, 1.82) is 0 Å².